The van der Waals surface area contributed by atoms with Crippen molar-refractivity contribution in [2.75, 3.05) is 7.11 Å². The van der Waals surface area contributed by atoms with Crippen molar-refractivity contribution in [3.63, 3.8) is 0 Å². The summed E-state index contributed by atoms with van der Waals surface area (Å²) in [4.78, 5) is 16.6. The van der Waals surface area contributed by atoms with Gasteiger partial charge in [-0.1, -0.05) is 24.3 Å². The van der Waals surface area contributed by atoms with Gasteiger partial charge >= 0.3 is 0 Å². The van der Waals surface area contributed by atoms with Crippen LogP contribution < -0.4 is 10.1 Å². The number of benzene rings is 2. The summed E-state index contributed by atoms with van der Waals surface area (Å²) < 4.78 is 24.3. The third kappa shape index (κ3) is 4.17. The second kappa shape index (κ2) is 8.52. The van der Waals surface area contributed by atoms with E-state index >= 15 is 0 Å². The summed E-state index contributed by atoms with van der Waals surface area (Å²) in [5.41, 5.74) is 2.24. The van der Waals surface area contributed by atoms with Gasteiger partial charge < -0.3 is 14.5 Å². The molecule has 0 atom stereocenters. The summed E-state index contributed by atoms with van der Waals surface area (Å²) in [6.45, 7) is 0.0621. The van der Waals surface area contributed by atoms with Crippen LogP contribution in [0, 0.1) is 5.82 Å². The van der Waals surface area contributed by atoms with Gasteiger partial charge in [0, 0.05) is 11.8 Å². The van der Waals surface area contributed by atoms with E-state index in [1.54, 1.807) is 43.5 Å². The van der Waals surface area contributed by atoms with E-state index in [1.165, 1.54) is 18.3 Å². The zero-order valence-electron chi connectivity index (χ0n) is 16.0. The van der Waals surface area contributed by atoms with E-state index in [1.807, 2.05) is 12.1 Å². The van der Waals surface area contributed by atoms with E-state index in [0.717, 1.165) is 0 Å². The predicted molar refractivity (Wildman–Crippen MR) is 107 cm³/mol. The molecule has 0 aliphatic rings. The molecule has 0 unspecified atom stereocenters. The number of amides is 1. The molecule has 2 aromatic carbocycles. The van der Waals surface area contributed by atoms with E-state index in [0.29, 0.717) is 34.0 Å². The number of hydrogen-bond acceptors (Lipinski definition) is 6. The standard InChI is InChI=1S/C22H17FN4O3/c1-29-19-8-3-2-7-17(19)22-27-26-20(30-22)13-25-21(28)15-9-10-18(24-12-15)14-5-4-6-16(23)11-14/h2-12H,13H2,1H3,(H,25,28). The van der Waals surface area contributed by atoms with Crippen LogP contribution in [0.2, 0.25) is 0 Å². The topological polar surface area (TPSA) is 90.1 Å². The number of pyridine rings is 1. The molecule has 0 saturated heterocycles. The van der Waals surface area contributed by atoms with Gasteiger partial charge in [0.15, 0.2) is 0 Å². The van der Waals surface area contributed by atoms with Crippen LogP contribution in [-0.4, -0.2) is 28.2 Å². The van der Waals surface area contributed by atoms with E-state index in [-0.39, 0.29) is 24.2 Å². The van der Waals surface area contributed by atoms with Gasteiger partial charge in [-0.05, 0) is 36.4 Å². The number of rotatable bonds is 6. The molecule has 0 aliphatic heterocycles. The minimum atomic E-state index is -0.344. The van der Waals surface area contributed by atoms with Crippen molar-refractivity contribution < 1.29 is 18.3 Å². The van der Waals surface area contributed by atoms with Gasteiger partial charge in [0.2, 0.25) is 5.89 Å². The number of methoxy groups -OCH3 is 1. The fourth-order valence-corrected chi connectivity index (χ4v) is 2.86. The normalized spacial score (nSPS) is 10.6. The van der Waals surface area contributed by atoms with Gasteiger partial charge in [0.1, 0.15) is 11.6 Å². The highest BCUT2D eigenvalue weighted by molar-refractivity contribution is 5.94. The number of nitrogens with one attached hydrogen (secondary N) is 1. The molecule has 2 aromatic heterocycles. The minimum Gasteiger partial charge on any atom is -0.496 e. The molecule has 2 heterocycles. The lowest BCUT2D eigenvalue weighted by Gasteiger charge is -2.05. The average molecular weight is 404 g/mol. The number of carbonyl (C=O) groups excluding carboxylic acids is 1. The monoisotopic (exact) mass is 404 g/mol. The van der Waals surface area contributed by atoms with Crippen molar-refractivity contribution in [1.82, 2.24) is 20.5 Å². The van der Waals surface area contributed by atoms with Crippen molar-refractivity contribution >= 4 is 5.91 Å². The van der Waals surface area contributed by atoms with E-state index in [9.17, 15) is 9.18 Å². The maximum atomic E-state index is 13.4. The largest absolute Gasteiger partial charge is 0.496 e. The first-order valence-electron chi connectivity index (χ1n) is 9.10. The molecule has 1 N–H and O–H groups in total. The number of ether oxygens (including phenoxy) is 1. The highest BCUT2D eigenvalue weighted by Gasteiger charge is 2.14. The first kappa shape index (κ1) is 19.3. The molecule has 150 valence electrons. The van der Waals surface area contributed by atoms with E-state index < -0.39 is 0 Å². The van der Waals surface area contributed by atoms with Crippen LogP contribution in [0.1, 0.15) is 16.2 Å². The van der Waals surface area contributed by atoms with Gasteiger partial charge in [-0.2, -0.15) is 0 Å². The van der Waals surface area contributed by atoms with Crippen LogP contribution in [-0.2, 0) is 6.54 Å². The lowest BCUT2D eigenvalue weighted by atomic mass is 10.1. The highest BCUT2D eigenvalue weighted by Crippen LogP contribution is 2.28. The second-order valence-electron chi connectivity index (χ2n) is 6.33. The molecule has 0 spiro atoms. The molecule has 30 heavy (non-hydrogen) atoms. The number of nitrogens with zero attached hydrogens (tertiary/aromatic N) is 3. The van der Waals surface area contributed by atoms with Gasteiger partial charge in [-0.3, -0.25) is 9.78 Å². The molecule has 0 saturated carbocycles. The van der Waals surface area contributed by atoms with Crippen LogP contribution in [0.15, 0.2) is 71.3 Å². The third-order valence-corrected chi connectivity index (χ3v) is 4.35. The highest BCUT2D eigenvalue weighted by atomic mass is 19.1. The molecule has 0 radical (unpaired) electrons. The smallest absolute Gasteiger partial charge is 0.253 e. The first-order valence-corrected chi connectivity index (χ1v) is 9.10. The van der Waals surface area contributed by atoms with Gasteiger partial charge in [0.05, 0.1) is 30.5 Å². The fraction of sp³-hybridized carbons (Fsp3) is 0.0909. The Hall–Kier alpha value is -4.07. The quantitative estimate of drug-likeness (QED) is 0.525. The second-order valence-corrected chi connectivity index (χ2v) is 6.33. The predicted octanol–water partition coefficient (Wildman–Crippen LogP) is 3.88. The van der Waals surface area contributed by atoms with Crippen LogP contribution in [0.5, 0.6) is 5.75 Å². The summed E-state index contributed by atoms with van der Waals surface area (Å²) in [5, 5.41) is 10.7. The number of carbonyl (C=O) groups is 1. The van der Waals surface area contributed by atoms with Crippen LogP contribution >= 0.6 is 0 Å². The summed E-state index contributed by atoms with van der Waals surface area (Å²) in [6, 6.07) is 16.7. The van der Waals surface area contributed by atoms with E-state index in [4.69, 9.17) is 9.15 Å². The van der Waals surface area contributed by atoms with Crippen molar-refractivity contribution in [3.05, 3.63) is 84.1 Å². The number of halogens is 1. The van der Waals surface area contributed by atoms with Crippen LogP contribution in [0.25, 0.3) is 22.7 Å². The Morgan fingerprint density at radius 1 is 1.10 bits per heavy atom. The number of aromatic nitrogens is 3. The summed E-state index contributed by atoms with van der Waals surface area (Å²) >= 11 is 0. The maximum Gasteiger partial charge on any atom is 0.253 e. The van der Waals surface area contributed by atoms with Crippen LogP contribution in [0.3, 0.4) is 0 Å². The fourth-order valence-electron chi connectivity index (χ4n) is 2.86. The van der Waals surface area contributed by atoms with Crippen molar-refractivity contribution in [2.45, 2.75) is 6.54 Å². The molecule has 4 rings (SSSR count). The van der Waals surface area contributed by atoms with Gasteiger partial charge in [0.25, 0.3) is 11.8 Å². The SMILES string of the molecule is COc1ccccc1-c1nnc(CNC(=O)c2ccc(-c3cccc(F)c3)nc2)o1. The lowest BCUT2D eigenvalue weighted by Crippen LogP contribution is -2.23. The third-order valence-electron chi connectivity index (χ3n) is 4.35. The number of hydrogen-bond donors (Lipinski definition) is 1. The van der Waals surface area contributed by atoms with Gasteiger partial charge in [-0.25, -0.2) is 4.39 Å². The Balaban J connectivity index is 1.41. The molecule has 4 aromatic rings. The lowest BCUT2D eigenvalue weighted by molar-refractivity contribution is 0.0947. The molecular weight excluding hydrogens is 387 g/mol. The van der Waals surface area contributed by atoms with E-state index in [2.05, 4.69) is 20.5 Å². The average Bonchev–Trinajstić information content (AvgIpc) is 3.26. The molecule has 0 bridgehead atoms. The summed E-state index contributed by atoms with van der Waals surface area (Å²) in [6.07, 6.45) is 1.43. The molecule has 0 aliphatic carbocycles. The van der Waals surface area contributed by atoms with Crippen LogP contribution in [0.4, 0.5) is 4.39 Å². The molecular formula is C22H17FN4O3. The maximum absolute atomic E-state index is 13.4. The zero-order chi connectivity index (χ0) is 20.9. The Bertz CT molecular complexity index is 1170. The number of para-hydroxylation sites is 1. The Morgan fingerprint density at radius 2 is 1.97 bits per heavy atom. The van der Waals surface area contributed by atoms with Gasteiger partial charge in [-0.15, -0.1) is 10.2 Å². The Kier molecular flexibility index (Phi) is 5.47. The Morgan fingerprint density at radius 3 is 2.73 bits per heavy atom. The summed E-state index contributed by atoms with van der Waals surface area (Å²) in [5.74, 6) is 0.487. The first-order chi connectivity index (χ1) is 14.6. The van der Waals surface area contributed by atoms with Crippen molar-refractivity contribution in [2.24, 2.45) is 0 Å². The molecule has 1 amide bonds. The molecule has 8 heteroatoms. The molecule has 7 nitrogen and oxygen atoms in total. The Labute approximate surface area is 171 Å². The molecule has 0 fully saturated rings. The van der Waals surface area contributed by atoms with Crippen molar-refractivity contribution in [3.8, 4) is 28.5 Å². The minimum absolute atomic E-state index is 0.0621. The summed E-state index contributed by atoms with van der Waals surface area (Å²) in [7, 11) is 1.56. The van der Waals surface area contributed by atoms with Crippen molar-refractivity contribution in [1.29, 1.82) is 0 Å². The zero-order valence-corrected chi connectivity index (χ0v) is 16.0.